The summed E-state index contributed by atoms with van der Waals surface area (Å²) in [5.74, 6) is -1.14. The van der Waals surface area contributed by atoms with Crippen LogP contribution in [0.1, 0.15) is 12.8 Å². The molecular weight excluding hydrogens is 341 g/mol. The lowest BCUT2D eigenvalue weighted by Gasteiger charge is -2.29. The van der Waals surface area contributed by atoms with Crippen molar-refractivity contribution in [3.8, 4) is 0 Å². The van der Waals surface area contributed by atoms with Gasteiger partial charge in [-0.3, -0.25) is 0 Å². The molecule has 0 aromatic heterocycles. The monoisotopic (exact) mass is 346 g/mol. The SMILES string of the molecule is C=C(CCC(Cl)(Cl)C(Cl)C(Cl)(Cl)Cl)C(=O)O. The van der Waals surface area contributed by atoms with Crippen LogP contribution < -0.4 is 0 Å². The largest absolute Gasteiger partial charge is 0.478 e. The molecule has 0 bridgehead atoms. The van der Waals surface area contributed by atoms with Crippen molar-refractivity contribution in [3.63, 3.8) is 0 Å². The number of halogens is 6. The van der Waals surface area contributed by atoms with E-state index in [2.05, 4.69) is 6.58 Å². The number of alkyl halides is 6. The lowest BCUT2D eigenvalue weighted by molar-refractivity contribution is -0.132. The Morgan fingerprint density at radius 3 is 2.00 bits per heavy atom. The van der Waals surface area contributed by atoms with E-state index in [9.17, 15) is 4.79 Å². The number of rotatable bonds is 5. The average molecular weight is 349 g/mol. The zero-order valence-electron chi connectivity index (χ0n) is 7.82. The van der Waals surface area contributed by atoms with Gasteiger partial charge >= 0.3 is 5.97 Å². The summed E-state index contributed by atoms with van der Waals surface area (Å²) in [5, 5.41) is 7.41. The van der Waals surface area contributed by atoms with E-state index in [0.717, 1.165) is 0 Å². The van der Waals surface area contributed by atoms with E-state index in [-0.39, 0.29) is 18.4 Å². The summed E-state index contributed by atoms with van der Waals surface area (Å²) in [7, 11) is 0. The van der Waals surface area contributed by atoms with Gasteiger partial charge in [0.2, 0.25) is 3.79 Å². The van der Waals surface area contributed by atoms with Crippen LogP contribution in [0.2, 0.25) is 0 Å². The van der Waals surface area contributed by atoms with Gasteiger partial charge < -0.3 is 5.11 Å². The van der Waals surface area contributed by atoms with Crippen LogP contribution in [-0.2, 0) is 4.79 Å². The third-order valence-electron chi connectivity index (χ3n) is 1.72. The molecule has 2 nitrogen and oxygen atoms in total. The fraction of sp³-hybridized carbons (Fsp3) is 0.625. The second kappa shape index (κ2) is 6.21. The summed E-state index contributed by atoms with van der Waals surface area (Å²) in [6.07, 6.45) is 0.0651. The number of carboxylic acid groups (broad SMARTS) is 1. The molecule has 0 amide bonds. The lowest BCUT2D eigenvalue weighted by Crippen LogP contribution is -2.37. The number of hydrogen-bond acceptors (Lipinski definition) is 1. The number of aliphatic carboxylic acids is 1. The van der Waals surface area contributed by atoms with E-state index in [4.69, 9.17) is 74.7 Å². The maximum atomic E-state index is 10.5. The van der Waals surface area contributed by atoms with Crippen molar-refractivity contribution in [2.24, 2.45) is 0 Å². The molecule has 0 aliphatic carbocycles. The van der Waals surface area contributed by atoms with Crippen LogP contribution in [-0.4, -0.2) is 24.6 Å². The van der Waals surface area contributed by atoms with Crippen LogP contribution in [0, 0.1) is 0 Å². The molecule has 0 saturated heterocycles. The lowest BCUT2D eigenvalue weighted by atomic mass is 10.1. The average Bonchev–Trinajstić information content (AvgIpc) is 2.11. The van der Waals surface area contributed by atoms with E-state index >= 15 is 0 Å². The first-order valence-corrected chi connectivity index (χ1v) is 6.31. The molecule has 0 aliphatic heterocycles. The van der Waals surface area contributed by atoms with Crippen molar-refractivity contribution in [2.45, 2.75) is 26.3 Å². The summed E-state index contributed by atoms with van der Waals surface area (Å²) in [6, 6.07) is 0. The third-order valence-corrected chi connectivity index (χ3v) is 4.45. The van der Waals surface area contributed by atoms with Crippen molar-refractivity contribution in [2.75, 3.05) is 0 Å². The van der Waals surface area contributed by atoms with E-state index in [1.165, 1.54) is 0 Å². The second-order valence-corrected chi connectivity index (χ2v) is 7.42. The maximum absolute atomic E-state index is 10.5. The van der Waals surface area contributed by atoms with E-state index < -0.39 is 19.5 Å². The Bertz CT molecular complexity index is 283. The Kier molecular flexibility index (Phi) is 6.58. The molecule has 0 spiro atoms. The van der Waals surface area contributed by atoms with Crippen LogP contribution in [0.25, 0.3) is 0 Å². The minimum Gasteiger partial charge on any atom is -0.478 e. The Balaban J connectivity index is 4.47. The molecule has 0 radical (unpaired) electrons. The van der Waals surface area contributed by atoms with Crippen molar-refractivity contribution in [1.82, 2.24) is 0 Å². The van der Waals surface area contributed by atoms with E-state index in [1.807, 2.05) is 0 Å². The quantitative estimate of drug-likeness (QED) is 0.584. The molecular formula is C8H8Cl6O2. The fourth-order valence-electron chi connectivity index (χ4n) is 0.791. The minimum atomic E-state index is -1.84. The fourth-order valence-corrected chi connectivity index (χ4v) is 2.31. The Hall–Kier alpha value is 0.950. The predicted molar refractivity (Wildman–Crippen MR) is 70.4 cm³/mol. The van der Waals surface area contributed by atoms with Gasteiger partial charge in [0, 0.05) is 5.57 Å². The highest BCUT2D eigenvalue weighted by molar-refractivity contribution is 6.72. The standard InChI is InChI=1S/C8H8Cl6O2/c1-4(5(15)16)2-3-7(10,11)6(9)8(12,13)14/h6H,1-3H2,(H,15,16). The topological polar surface area (TPSA) is 37.3 Å². The first kappa shape index (κ1) is 16.9. The molecule has 0 aliphatic rings. The molecule has 0 heterocycles. The summed E-state index contributed by atoms with van der Waals surface area (Å²) in [4.78, 5) is 10.5. The smallest absolute Gasteiger partial charge is 0.330 e. The zero-order chi connectivity index (χ0) is 13.1. The predicted octanol–water partition coefficient (Wildman–Crippen LogP) is 4.56. The molecule has 0 aromatic rings. The zero-order valence-corrected chi connectivity index (χ0v) is 12.4. The minimum absolute atomic E-state index is 0.0172. The first-order chi connectivity index (χ1) is 6.98. The normalized spacial score (nSPS) is 14.6. The molecule has 1 N–H and O–H groups in total. The van der Waals surface area contributed by atoms with Crippen molar-refractivity contribution in [1.29, 1.82) is 0 Å². The van der Waals surface area contributed by atoms with Crippen molar-refractivity contribution >= 4 is 75.6 Å². The number of carboxylic acids is 1. The Labute approximate surface area is 123 Å². The molecule has 0 fully saturated rings. The highest BCUT2D eigenvalue weighted by atomic mass is 35.6. The molecule has 0 aromatic carbocycles. The van der Waals surface area contributed by atoms with Crippen LogP contribution in [0.5, 0.6) is 0 Å². The summed E-state index contributed by atoms with van der Waals surface area (Å²) in [6.45, 7) is 3.32. The summed E-state index contributed by atoms with van der Waals surface area (Å²) < 4.78 is -3.39. The highest BCUT2D eigenvalue weighted by Crippen LogP contribution is 2.46. The third kappa shape index (κ3) is 5.52. The number of carbonyl (C=O) groups is 1. The van der Waals surface area contributed by atoms with Gasteiger partial charge in [-0.05, 0) is 12.8 Å². The van der Waals surface area contributed by atoms with Gasteiger partial charge in [0.25, 0.3) is 0 Å². The van der Waals surface area contributed by atoms with Crippen LogP contribution in [0.3, 0.4) is 0 Å². The van der Waals surface area contributed by atoms with Gasteiger partial charge in [-0.15, -0.1) is 11.6 Å². The van der Waals surface area contributed by atoms with Gasteiger partial charge in [-0.25, -0.2) is 4.79 Å². The molecule has 0 saturated carbocycles. The Morgan fingerprint density at radius 2 is 1.69 bits per heavy atom. The Morgan fingerprint density at radius 1 is 1.25 bits per heavy atom. The van der Waals surface area contributed by atoms with E-state index in [1.54, 1.807) is 0 Å². The molecule has 0 rings (SSSR count). The molecule has 1 unspecified atom stereocenters. The van der Waals surface area contributed by atoms with Crippen LogP contribution in [0.4, 0.5) is 0 Å². The summed E-state index contributed by atoms with van der Waals surface area (Å²) >= 11 is 34.1. The van der Waals surface area contributed by atoms with E-state index in [0.29, 0.717) is 0 Å². The second-order valence-electron chi connectivity index (χ2n) is 3.07. The molecule has 8 heteroatoms. The van der Waals surface area contributed by atoms with Crippen molar-refractivity contribution in [3.05, 3.63) is 12.2 Å². The molecule has 16 heavy (non-hydrogen) atoms. The highest BCUT2D eigenvalue weighted by Gasteiger charge is 2.46. The van der Waals surface area contributed by atoms with Crippen LogP contribution in [0.15, 0.2) is 12.2 Å². The maximum Gasteiger partial charge on any atom is 0.330 e. The summed E-state index contributed by atoms with van der Waals surface area (Å²) in [5.41, 5.74) is -0.0427. The van der Waals surface area contributed by atoms with Gasteiger partial charge in [-0.2, -0.15) is 0 Å². The number of hydrogen-bond donors (Lipinski definition) is 1. The first-order valence-electron chi connectivity index (χ1n) is 3.98. The molecule has 94 valence electrons. The van der Waals surface area contributed by atoms with Gasteiger partial charge in [0.1, 0.15) is 9.71 Å². The van der Waals surface area contributed by atoms with Gasteiger partial charge in [0.15, 0.2) is 0 Å². The van der Waals surface area contributed by atoms with Crippen molar-refractivity contribution < 1.29 is 9.90 Å². The molecule has 1 atom stereocenters. The van der Waals surface area contributed by atoms with Gasteiger partial charge in [0.05, 0.1) is 0 Å². The van der Waals surface area contributed by atoms with Crippen LogP contribution >= 0.6 is 69.6 Å². The van der Waals surface area contributed by atoms with Gasteiger partial charge in [-0.1, -0.05) is 64.6 Å².